The smallest absolute Gasteiger partial charge is 0.267 e. The molecule has 0 saturated carbocycles. The first-order valence-corrected chi connectivity index (χ1v) is 9.82. The fourth-order valence-corrected chi connectivity index (χ4v) is 3.98. The Hall–Kier alpha value is -3.45. The van der Waals surface area contributed by atoms with Gasteiger partial charge in [-0.05, 0) is 35.9 Å². The van der Waals surface area contributed by atoms with Crippen LogP contribution in [0.2, 0.25) is 0 Å². The van der Waals surface area contributed by atoms with E-state index < -0.39 is 11.5 Å². The summed E-state index contributed by atoms with van der Waals surface area (Å²) in [5.41, 5.74) is 2.73. The van der Waals surface area contributed by atoms with Crippen molar-refractivity contribution in [3.63, 3.8) is 0 Å². The minimum atomic E-state index is -0.647. The van der Waals surface area contributed by atoms with Crippen molar-refractivity contribution in [1.82, 2.24) is 10.4 Å². The number of hydrogen-bond donors (Lipinski definition) is 2. The standard InChI is InChI=1S/C23H22N2O5/c26-19-15-23(10-12-25(13-11-23)22(28)17-4-2-1-3-5-17)30-20-8-6-16(14-18(19)20)7-9-21(27)24-29/h1-9,14,29H,10-13,15H2,(H,24,27)/b9-7+. The molecule has 1 saturated heterocycles. The quantitative estimate of drug-likeness (QED) is 0.464. The van der Waals surface area contributed by atoms with Crippen molar-refractivity contribution in [3.8, 4) is 5.75 Å². The van der Waals surface area contributed by atoms with E-state index in [1.165, 1.54) is 17.6 Å². The SMILES string of the molecule is O=C(/C=C/c1ccc2c(c1)C(=O)CC1(CCN(C(=O)c3ccccc3)CC1)O2)NO. The fourth-order valence-electron chi connectivity index (χ4n) is 3.98. The van der Waals surface area contributed by atoms with Gasteiger partial charge in [0.05, 0.1) is 12.0 Å². The van der Waals surface area contributed by atoms with E-state index in [9.17, 15) is 14.4 Å². The lowest BCUT2D eigenvalue weighted by Crippen LogP contribution is -2.52. The normalized spacial score (nSPS) is 17.5. The molecule has 2 aliphatic rings. The van der Waals surface area contributed by atoms with Crippen LogP contribution >= 0.6 is 0 Å². The lowest BCUT2D eigenvalue weighted by atomic mass is 9.82. The van der Waals surface area contributed by atoms with Gasteiger partial charge in [-0.15, -0.1) is 0 Å². The maximum Gasteiger partial charge on any atom is 0.267 e. The fraction of sp³-hybridized carbons (Fsp3) is 0.261. The molecule has 0 radical (unpaired) electrons. The first-order valence-electron chi connectivity index (χ1n) is 9.82. The van der Waals surface area contributed by atoms with Crippen LogP contribution in [-0.2, 0) is 4.79 Å². The number of hydroxylamine groups is 1. The largest absolute Gasteiger partial charge is 0.486 e. The molecule has 0 aromatic heterocycles. The Bertz CT molecular complexity index is 1010. The topological polar surface area (TPSA) is 95.9 Å². The van der Waals surface area contributed by atoms with Crippen LogP contribution in [0.3, 0.4) is 0 Å². The molecular formula is C23H22N2O5. The first kappa shape index (κ1) is 19.8. The number of carbonyl (C=O) groups excluding carboxylic acids is 3. The highest BCUT2D eigenvalue weighted by Gasteiger charge is 2.43. The summed E-state index contributed by atoms with van der Waals surface area (Å²) in [4.78, 5) is 38.5. The summed E-state index contributed by atoms with van der Waals surface area (Å²) in [7, 11) is 0. The molecule has 2 amide bonds. The Morgan fingerprint density at radius 3 is 2.53 bits per heavy atom. The third-order valence-corrected chi connectivity index (χ3v) is 5.63. The van der Waals surface area contributed by atoms with Crippen LogP contribution in [0.4, 0.5) is 0 Å². The van der Waals surface area contributed by atoms with Gasteiger partial charge in [-0.3, -0.25) is 19.6 Å². The molecule has 154 valence electrons. The molecule has 2 N–H and O–H groups in total. The number of ether oxygens (including phenoxy) is 1. The molecule has 0 atom stereocenters. The van der Waals surface area contributed by atoms with Gasteiger partial charge in [0, 0.05) is 37.6 Å². The Kier molecular flexibility index (Phi) is 5.37. The predicted octanol–water partition coefficient (Wildman–Crippen LogP) is 2.85. The van der Waals surface area contributed by atoms with Crippen LogP contribution in [0, 0.1) is 0 Å². The van der Waals surface area contributed by atoms with Crippen LogP contribution in [0.25, 0.3) is 6.08 Å². The lowest BCUT2D eigenvalue weighted by molar-refractivity contribution is -0.124. The van der Waals surface area contributed by atoms with Gasteiger partial charge in [-0.1, -0.05) is 24.3 Å². The van der Waals surface area contributed by atoms with Gasteiger partial charge in [-0.2, -0.15) is 0 Å². The van der Waals surface area contributed by atoms with Crippen molar-refractivity contribution < 1.29 is 24.3 Å². The van der Waals surface area contributed by atoms with Gasteiger partial charge in [0.15, 0.2) is 5.78 Å². The van der Waals surface area contributed by atoms with E-state index in [0.29, 0.717) is 48.4 Å². The zero-order valence-electron chi connectivity index (χ0n) is 16.3. The summed E-state index contributed by atoms with van der Waals surface area (Å²) in [6.07, 6.45) is 4.13. The predicted molar refractivity (Wildman–Crippen MR) is 109 cm³/mol. The van der Waals surface area contributed by atoms with E-state index in [-0.39, 0.29) is 18.1 Å². The summed E-state index contributed by atoms with van der Waals surface area (Å²) < 4.78 is 6.26. The molecule has 2 aliphatic heterocycles. The second-order valence-electron chi connectivity index (χ2n) is 7.61. The molecule has 1 fully saturated rings. The molecule has 1 spiro atoms. The van der Waals surface area contributed by atoms with Crippen LogP contribution in [-0.4, -0.2) is 46.4 Å². The zero-order chi connectivity index (χ0) is 21.1. The number of Topliss-reactive ketones (excluding diaryl/α,β-unsaturated/α-hetero) is 1. The highest BCUT2D eigenvalue weighted by Crippen LogP contribution is 2.40. The van der Waals surface area contributed by atoms with Crippen LogP contribution < -0.4 is 10.2 Å². The molecule has 2 heterocycles. The number of piperidine rings is 1. The molecule has 0 aliphatic carbocycles. The maximum absolute atomic E-state index is 12.8. The molecule has 7 heteroatoms. The highest BCUT2D eigenvalue weighted by molar-refractivity contribution is 6.01. The van der Waals surface area contributed by atoms with Crippen molar-refractivity contribution in [3.05, 3.63) is 71.3 Å². The van der Waals surface area contributed by atoms with E-state index in [2.05, 4.69) is 0 Å². The van der Waals surface area contributed by atoms with Gasteiger partial charge in [0.25, 0.3) is 11.8 Å². The van der Waals surface area contributed by atoms with E-state index >= 15 is 0 Å². The molecule has 2 aromatic rings. The minimum absolute atomic E-state index is 0.00340. The van der Waals surface area contributed by atoms with Gasteiger partial charge in [0.1, 0.15) is 11.4 Å². The van der Waals surface area contributed by atoms with Crippen molar-refractivity contribution in [2.45, 2.75) is 24.9 Å². The summed E-state index contributed by atoms with van der Waals surface area (Å²) in [6.45, 7) is 1.07. The number of nitrogens with one attached hydrogen (secondary N) is 1. The average Bonchev–Trinajstić information content (AvgIpc) is 2.78. The highest BCUT2D eigenvalue weighted by atomic mass is 16.5. The molecule has 4 rings (SSSR count). The second kappa shape index (κ2) is 8.12. The average molecular weight is 406 g/mol. The summed E-state index contributed by atoms with van der Waals surface area (Å²) in [5, 5.41) is 8.56. The summed E-state index contributed by atoms with van der Waals surface area (Å²) in [5.74, 6) is -0.138. The molecular weight excluding hydrogens is 384 g/mol. The number of nitrogens with zero attached hydrogens (tertiary/aromatic N) is 1. The Morgan fingerprint density at radius 1 is 1.10 bits per heavy atom. The van der Waals surface area contributed by atoms with E-state index in [4.69, 9.17) is 9.94 Å². The van der Waals surface area contributed by atoms with Crippen LogP contribution in [0.5, 0.6) is 5.75 Å². The summed E-state index contributed by atoms with van der Waals surface area (Å²) in [6, 6.07) is 14.3. The Morgan fingerprint density at radius 2 is 1.83 bits per heavy atom. The number of carbonyl (C=O) groups is 3. The number of rotatable bonds is 3. The third-order valence-electron chi connectivity index (χ3n) is 5.63. The van der Waals surface area contributed by atoms with E-state index in [0.717, 1.165) is 0 Å². The van der Waals surface area contributed by atoms with Gasteiger partial charge < -0.3 is 9.64 Å². The molecule has 7 nitrogen and oxygen atoms in total. The van der Waals surface area contributed by atoms with Crippen molar-refractivity contribution in [1.29, 1.82) is 0 Å². The number of amides is 2. The first-order chi connectivity index (χ1) is 14.5. The summed E-state index contributed by atoms with van der Waals surface area (Å²) >= 11 is 0. The maximum atomic E-state index is 12.8. The number of likely N-dealkylation sites (tertiary alicyclic amines) is 1. The Balaban J connectivity index is 1.46. The van der Waals surface area contributed by atoms with Crippen molar-refractivity contribution in [2.75, 3.05) is 13.1 Å². The second-order valence-corrected chi connectivity index (χ2v) is 7.61. The lowest BCUT2D eigenvalue weighted by Gasteiger charge is -2.44. The van der Waals surface area contributed by atoms with Crippen molar-refractivity contribution in [2.24, 2.45) is 0 Å². The van der Waals surface area contributed by atoms with Crippen LogP contribution in [0.1, 0.15) is 45.5 Å². The molecule has 0 unspecified atom stereocenters. The van der Waals surface area contributed by atoms with E-state index in [1.54, 1.807) is 30.3 Å². The van der Waals surface area contributed by atoms with Gasteiger partial charge in [0.2, 0.25) is 0 Å². The number of ketones is 1. The zero-order valence-corrected chi connectivity index (χ0v) is 16.3. The minimum Gasteiger partial charge on any atom is -0.486 e. The van der Waals surface area contributed by atoms with Gasteiger partial charge in [-0.25, -0.2) is 5.48 Å². The number of fused-ring (bicyclic) bond motifs is 1. The van der Waals surface area contributed by atoms with Crippen LogP contribution in [0.15, 0.2) is 54.6 Å². The number of benzene rings is 2. The monoisotopic (exact) mass is 406 g/mol. The molecule has 30 heavy (non-hydrogen) atoms. The molecule has 2 aromatic carbocycles. The van der Waals surface area contributed by atoms with Crippen molar-refractivity contribution >= 4 is 23.7 Å². The van der Waals surface area contributed by atoms with Gasteiger partial charge >= 0.3 is 0 Å². The number of hydrogen-bond acceptors (Lipinski definition) is 5. The third kappa shape index (κ3) is 3.97. The van der Waals surface area contributed by atoms with E-state index in [1.807, 2.05) is 23.1 Å². The Labute approximate surface area is 173 Å². The molecule has 0 bridgehead atoms.